The molecule has 1 aromatic carbocycles. The summed E-state index contributed by atoms with van der Waals surface area (Å²) in [4.78, 5) is 33.0. The molecular formula is C13H8NO5S-. The maximum Gasteiger partial charge on any atom is 0.348 e. The summed E-state index contributed by atoms with van der Waals surface area (Å²) in [7, 11) is 0. The van der Waals surface area contributed by atoms with Gasteiger partial charge >= 0.3 is 5.97 Å². The van der Waals surface area contributed by atoms with Crippen LogP contribution in [0.15, 0.2) is 36.4 Å². The first-order valence-corrected chi connectivity index (χ1v) is 6.25. The van der Waals surface area contributed by atoms with Gasteiger partial charge in [-0.15, -0.1) is 11.3 Å². The van der Waals surface area contributed by atoms with Crippen LogP contribution in [0.3, 0.4) is 0 Å². The van der Waals surface area contributed by atoms with Crippen LogP contribution in [-0.2, 0) is 9.59 Å². The Hall–Kier alpha value is -2.67. The number of carboxylic acids is 2. The van der Waals surface area contributed by atoms with Crippen molar-refractivity contribution in [2.24, 2.45) is 0 Å². The highest BCUT2D eigenvalue weighted by molar-refractivity contribution is 7.18. The molecule has 0 fully saturated rings. The Kier molecular flexibility index (Phi) is 3.81. The number of anilines is 1. The number of rotatable bonds is 3. The SMILES string of the molecule is O=C([O-])C(=O)Nc1cc(-c2ccccc2)sc1C(=O)O. The van der Waals surface area contributed by atoms with Gasteiger partial charge in [-0.25, -0.2) is 4.79 Å². The van der Waals surface area contributed by atoms with Crippen LogP contribution < -0.4 is 10.4 Å². The summed E-state index contributed by atoms with van der Waals surface area (Å²) in [5.74, 6) is -4.55. The lowest BCUT2D eigenvalue weighted by molar-refractivity contribution is -0.299. The second-order valence-electron chi connectivity index (χ2n) is 3.77. The third-order valence-corrected chi connectivity index (χ3v) is 3.59. The van der Waals surface area contributed by atoms with Crippen molar-refractivity contribution in [2.75, 3.05) is 5.32 Å². The molecule has 0 aliphatic carbocycles. The van der Waals surface area contributed by atoms with Gasteiger partial charge in [0.1, 0.15) is 10.8 Å². The van der Waals surface area contributed by atoms with E-state index in [9.17, 15) is 19.5 Å². The van der Waals surface area contributed by atoms with Crippen molar-refractivity contribution in [3.8, 4) is 10.4 Å². The second-order valence-corrected chi connectivity index (χ2v) is 4.82. The Labute approximate surface area is 117 Å². The van der Waals surface area contributed by atoms with E-state index in [1.807, 2.05) is 11.4 Å². The van der Waals surface area contributed by atoms with Gasteiger partial charge in [0.05, 0.1) is 5.69 Å². The zero-order valence-corrected chi connectivity index (χ0v) is 10.8. The molecule has 1 aromatic heterocycles. The summed E-state index contributed by atoms with van der Waals surface area (Å²) in [6.45, 7) is 0. The van der Waals surface area contributed by atoms with E-state index in [0.29, 0.717) is 4.88 Å². The fourth-order valence-electron chi connectivity index (χ4n) is 1.56. The molecule has 0 aliphatic rings. The second kappa shape index (κ2) is 5.54. The molecule has 0 spiro atoms. The van der Waals surface area contributed by atoms with E-state index in [1.165, 1.54) is 6.07 Å². The monoisotopic (exact) mass is 290 g/mol. The highest BCUT2D eigenvalue weighted by Gasteiger charge is 2.18. The summed E-state index contributed by atoms with van der Waals surface area (Å²) in [5.41, 5.74) is 0.713. The topological polar surface area (TPSA) is 107 Å². The van der Waals surface area contributed by atoms with Crippen LogP contribution in [0.2, 0.25) is 0 Å². The summed E-state index contributed by atoms with van der Waals surface area (Å²) >= 11 is 0.947. The first kappa shape index (κ1) is 13.8. The molecule has 0 bridgehead atoms. The number of aliphatic carboxylic acids is 1. The van der Waals surface area contributed by atoms with Gasteiger partial charge in [-0.05, 0) is 11.6 Å². The predicted octanol–water partition coefficient (Wildman–Crippen LogP) is 0.802. The Morgan fingerprint density at radius 3 is 2.35 bits per heavy atom. The van der Waals surface area contributed by atoms with Crippen molar-refractivity contribution in [3.05, 3.63) is 41.3 Å². The number of amides is 1. The first-order chi connectivity index (χ1) is 9.49. The smallest absolute Gasteiger partial charge is 0.348 e. The molecule has 2 aromatic rings. The van der Waals surface area contributed by atoms with E-state index in [0.717, 1.165) is 16.9 Å². The standard InChI is InChI=1S/C13H9NO5S/c15-11(13(18)19)14-8-6-9(20-10(8)12(16)17)7-4-2-1-3-5-7/h1-6H,(H,14,15)(H,16,17)(H,18,19)/p-1. The number of hydrogen-bond donors (Lipinski definition) is 2. The van der Waals surface area contributed by atoms with Crippen molar-refractivity contribution < 1.29 is 24.6 Å². The van der Waals surface area contributed by atoms with Crippen LogP contribution in [0, 0.1) is 0 Å². The van der Waals surface area contributed by atoms with Gasteiger partial charge in [0.2, 0.25) is 0 Å². The van der Waals surface area contributed by atoms with Gasteiger partial charge in [0, 0.05) is 4.88 Å². The van der Waals surface area contributed by atoms with Crippen molar-refractivity contribution in [1.82, 2.24) is 0 Å². The van der Waals surface area contributed by atoms with Crippen molar-refractivity contribution >= 4 is 34.9 Å². The van der Waals surface area contributed by atoms with E-state index in [2.05, 4.69) is 0 Å². The zero-order chi connectivity index (χ0) is 14.7. The third-order valence-electron chi connectivity index (χ3n) is 2.42. The summed E-state index contributed by atoms with van der Waals surface area (Å²) < 4.78 is 0. The fourth-order valence-corrected chi connectivity index (χ4v) is 2.52. The molecule has 7 heteroatoms. The van der Waals surface area contributed by atoms with Crippen molar-refractivity contribution in [1.29, 1.82) is 0 Å². The van der Waals surface area contributed by atoms with E-state index < -0.39 is 17.8 Å². The highest BCUT2D eigenvalue weighted by atomic mass is 32.1. The number of carboxylic acid groups (broad SMARTS) is 2. The molecule has 20 heavy (non-hydrogen) atoms. The molecule has 0 saturated carbocycles. The minimum Gasteiger partial charge on any atom is -0.540 e. The minimum absolute atomic E-state index is 0.0597. The summed E-state index contributed by atoms with van der Waals surface area (Å²) in [6, 6.07) is 10.4. The lowest BCUT2D eigenvalue weighted by Crippen LogP contribution is -2.36. The molecule has 0 saturated heterocycles. The summed E-state index contributed by atoms with van der Waals surface area (Å²) in [5, 5.41) is 21.5. The number of aromatic carboxylic acids is 1. The van der Waals surface area contributed by atoms with Crippen LogP contribution in [0.25, 0.3) is 10.4 Å². The van der Waals surface area contributed by atoms with Crippen LogP contribution >= 0.6 is 11.3 Å². The van der Waals surface area contributed by atoms with Crippen LogP contribution in [0.5, 0.6) is 0 Å². The van der Waals surface area contributed by atoms with Crippen molar-refractivity contribution in [3.63, 3.8) is 0 Å². The quantitative estimate of drug-likeness (QED) is 0.813. The molecule has 1 amide bonds. The van der Waals surface area contributed by atoms with Gasteiger partial charge in [-0.2, -0.15) is 0 Å². The average Bonchev–Trinajstić information content (AvgIpc) is 2.83. The molecular weight excluding hydrogens is 282 g/mol. The number of hydrogen-bond acceptors (Lipinski definition) is 5. The fraction of sp³-hybridized carbons (Fsp3) is 0. The maximum absolute atomic E-state index is 11.1. The van der Waals surface area contributed by atoms with E-state index in [1.54, 1.807) is 24.3 Å². The third kappa shape index (κ3) is 2.83. The largest absolute Gasteiger partial charge is 0.540 e. The number of nitrogens with one attached hydrogen (secondary N) is 1. The number of carbonyl (C=O) groups is 3. The Bertz CT molecular complexity index is 677. The number of benzene rings is 1. The average molecular weight is 290 g/mol. The van der Waals surface area contributed by atoms with Gasteiger partial charge in [-0.1, -0.05) is 30.3 Å². The molecule has 6 nitrogen and oxygen atoms in total. The van der Waals surface area contributed by atoms with Crippen molar-refractivity contribution in [2.45, 2.75) is 0 Å². The lowest BCUT2D eigenvalue weighted by atomic mass is 10.2. The number of thiophene rings is 1. The molecule has 0 unspecified atom stereocenters. The van der Waals surface area contributed by atoms with Crippen LogP contribution in [0.4, 0.5) is 5.69 Å². The van der Waals surface area contributed by atoms with Gasteiger partial charge in [0.25, 0.3) is 5.91 Å². The molecule has 1 heterocycles. The highest BCUT2D eigenvalue weighted by Crippen LogP contribution is 2.34. The lowest BCUT2D eigenvalue weighted by Gasteiger charge is -2.03. The molecule has 0 atom stereocenters. The van der Waals surface area contributed by atoms with Crippen LogP contribution in [-0.4, -0.2) is 23.0 Å². The van der Waals surface area contributed by atoms with Gasteiger partial charge in [-0.3, -0.25) is 4.79 Å². The van der Waals surface area contributed by atoms with Gasteiger partial charge in [0.15, 0.2) is 0 Å². The predicted molar refractivity (Wildman–Crippen MR) is 70.4 cm³/mol. The van der Waals surface area contributed by atoms with E-state index in [-0.39, 0.29) is 10.6 Å². The molecule has 2 rings (SSSR count). The molecule has 102 valence electrons. The maximum atomic E-state index is 11.1. The van der Waals surface area contributed by atoms with E-state index in [4.69, 9.17) is 5.11 Å². The Morgan fingerprint density at radius 2 is 1.80 bits per heavy atom. The minimum atomic E-state index is -1.92. The first-order valence-electron chi connectivity index (χ1n) is 5.44. The summed E-state index contributed by atoms with van der Waals surface area (Å²) in [6.07, 6.45) is 0. The normalized spacial score (nSPS) is 10.0. The zero-order valence-electron chi connectivity index (χ0n) is 9.95. The Balaban J connectivity index is 2.41. The Morgan fingerprint density at radius 1 is 1.15 bits per heavy atom. The number of carbonyl (C=O) groups excluding carboxylic acids is 2. The molecule has 0 aliphatic heterocycles. The molecule has 0 radical (unpaired) electrons. The molecule has 2 N–H and O–H groups in total. The van der Waals surface area contributed by atoms with E-state index >= 15 is 0 Å². The van der Waals surface area contributed by atoms with Gasteiger partial charge < -0.3 is 20.3 Å². The van der Waals surface area contributed by atoms with Crippen LogP contribution in [0.1, 0.15) is 9.67 Å².